The highest BCUT2D eigenvalue weighted by Gasteiger charge is 2.28. The van der Waals surface area contributed by atoms with Crippen molar-refractivity contribution in [2.75, 3.05) is 17.2 Å². The van der Waals surface area contributed by atoms with Crippen molar-refractivity contribution in [3.63, 3.8) is 0 Å². The number of anilines is 1. The van der Waals surface area contributed by atoms with E-state index < -0.39 is 27.8 Å². The van der Waals surface area contributed by atoms with Crippen molar-refractivity contribution < 1.29 is 22.3 Å². The van der Waals surface area contributed by atoms with Gasteiger partial charge >= 0.3 is 0 Å². The largest absolute Gasteiger partial charge is 0.494 e. The summed E-state index contributed by atoms with van der Waals surface area (Å²) < 4.78 is 43.9. The average Bonchev–Trinajstić information content (AvgIpc) is 2.61. The maximum atomic E-state index is 13.1. The first-order valence-electron chi connectivity index (χ1n) is 8.46. The summed E-state index contributed by atoms with van der Waals surface area (Å²) in [6.07, 6.45) is 1.01. The van der Waals surface area contributed by atoms with E-state index in [2.05, 4.69) is 5.32 Å². The molecule has 8 heteroatoms. The minimum Gasteiger partial charge on any atom is -0.494 e. The van der Waals surface area contributed by atoms with Crippen molar-refractivity contribution in [3.8, 4) is 5.75 Å². The van der Waals surface area contributed by atoms with Crippen LogP contribution in [0.4, 0.5) is 10.1 Å². The molecule has 2 aromatic carbocycles. The Hall–Kier alpha value is -2.61. The average molecular weight is 394 g/mol. The van der Waals surface area contributed by atoms with E-state index in [1.54, 1.807) is 0 Å². The van der Waals surface area contributed by atoms with Gasteiger partial charge in [-0.1, -0.05) is 12.1 Å². The zero-order chi connectivity index (χ0) is 20.0. The van der Waals surface area contributed by atoms with Crippen molar-refractivity contribution in [3.05, 3.63) is 59.9 Å². The number of nitrogens with zero attached hydrogens (tertiary/aromatic N) is 1. The van der Waals surface area contributed by atoms with Crippen molar-refractivity contribution in [1.82, 2.24) is 5.32 Å². The van der Waals surface area contributed by atoms with Gasteiger partial charge in [-0.05, 0) is 55.8 Å². The summed E-state index contributed by atoms with van der Waals surface area (Å²) in [6, 6.07) is 11.2. The van der Waals surface area contributed by atoms with E-state index in [1.807, 2.05) is 31.2 Å². The maximum absolute atomic E-state index is 13.1. The first-order chi connectivity index (χ1) is 12.7. The van der Waals surface area contributed by atoms with Crippen molar-refractivity contribution in [2.45, 2.75) is 26.4 Å². The lowest BCUT2D eigenvalue weighted by atomic mass is 10.2. The van der Waals surface area contributed by atoms with Crippen molar-refractivity contribution >= 4 is 21.6 Å². The minimum absolute atomic E-state index is 0.222. The second-order valence-corrected chi connectivity index (χ2v) is 7.87. The van der Waals surface area contributed by atoms with E-state index in [1.165, 1.54) is 19.1 Å². The van der Waals surface area contributed by atoms with Crippen LogP contribution in [0.25, 0.3) is 0 Å². The van der Waals surface area contributed by atoms with E-state index in [4.69, 9.17) is 4.74 Å². The molecule has 1 amide bonds. The Labute approximate surface area is 159 Å². The summed E-state index contributed by atoms with van der Waals surface area (Å²) in [5.74, 6) is -0.258. The maximum Gasteiger partial charge on any atom is 0.243 e. The molecule has 6 nitrogen and oxygen atoms in total. The first-order valence-corrected chi connectivity index (χ1v) is 10.3. The van der Waals surface area contributed by atoms with Gasteiger partial charge in [-0.25, -0.2) is 12.8 Å². The van der Waals surface area contributed by atoms with Crippen LogP contribution in [0.15, 0.2) is 48.5 Å². The molecular formula is C19H23FN2O4S. The van der Waals surface area contributed by atoms with Crippen LogP contribution in [0.1, 0.15) is 19.4 Å². The molecule has 0 aliphatic heterocycles. The lowest BCUT2D eigenvalue weighted by Crippen LogP contribution is -2.47. The van der Waals surface area contributed by atoms with E-state index in [0.717, 1.165) is 28.3 Å². The Balaban J connectivity index is 2.13. The lowest BCUT2D eigenvalue weighted by Gasteiger charge is -2.28. The highest BCUT2D eigenvalue weighted by atomic mass is 32.2. The molecular weight excluding hydrogens is 371 g/mol. The topological polar surface area (TPSA) is 75.7 Å². The fraction of sp³-hybridized carbons (Fsp3) is 0.316. The molecule has 1 N–H and O–H groups in total. The van der Waals surface area contributed by atoms with Crippen molar-refractivity contribution in [2.24, 2.45) is 0 Å². The number of hydrogen-bond donors (Lipinski definition) is 1. The molecule has 0 spiro atoms. The quantitative estimate of drug-likeness (QED) is 0.747. The molecule has 0 saturated heterocycles. The third kappa shape index (κ3) is 5.68. The molecule has 0 aliphatic rings. The molecule has 0 fully saturated rings. The Morgan fingerprint density at radius 1 is 1.22 bits per heavy atom. The van der Waals surface area contributed by atoms with Crippen LogP contribution in [0.5, 0.6) is 5.75 Å². The number of benzene rings is 2. The number of sulfonamides is 1. The van der Waals surface area contributed by atoms with Crippen molar-refractivity contribution in [1.29, 1.82) is 0 Å². The van der Waals surface area contributed by atoms with Crippen LogP contribution < -0.4 is 14.4 Å². The predicted molar refractivity (Wildman–Crippen MR) is 103 cm³/mol. The molecule has 0 bridgehead atoms. The number of carbonyl (C=O) groups excluding carboxylic acids is 1. The minimum atomic E-state index is -3.74. The lowest BCUT2D eigenvalue weighted by molar-refractivity contribution is -0.122. The summed E-state index contributed by atoms with van der Waals surface area (Å²) in [5.41, 5.74) is 1.05. The predicted octanol–water partition coefficient (Wildman–Crippen LogP) is 2.70. The number of amides is 1. The van der Waals surface area contributed by atoms with Crippen LogP contribution in [0.3, 0.4) is 0 Å². The van der Waals surface area contributed by atoms with E-state index in [-0.39, 0.29) is 12.2 Å². The fourth-order valence-corrected chi connectivity index (χ4v) is 3.82. The second kappa shape index (κ2) is 8.85. The Morgan fingerprint density at radius 2 is 1.89 bits per heavy atom. The van der Waals surface area contributed by atoms with Crippen LogP contribution in [-0.2, 0) is 21.4 Å². The van der Waals surface area contributed by atoms with E-state index in [9.17, 15) is 17.6 Å². The third-order valence-corrected chi connectivity index (χ3v) is 5.09. The molecule has 1 atom stereocenters. The van der Waals surface area contributed by atoms with Gasteiger partial charge in [0.25, 0.3) is 0 Å². The first kappa shape index (κ1) is 20.7. The van der Waals surface area contributed by atoms with Crippen LogP contribution in [-0.4, -0.2) is 33.2 Å². The Morgan fingerprint density at radius 3 is 2.48 bits per heavy atom. The number of nitrogens with one attached hydrogen (secondary N) is 1. The molecule has 2 aromatic rings. The highest BCUT2D eigenvalue weighted by molar-refractivity contribution is 7.92. The van der Waals surface area contributed by atoms with Gasteiger partial charge < -0.3 is 10.1 Å². The fourth-order valence-electron chi connectivity index (χ4n) is 2.65. The molecule has 27 heavy (non-hydrogen) atoms. The van der Waals surface area contributed by atoms with E-state index >= 15 is 0 Å². The molecule has 0 heterocycles. The number of hydrogen-bond acceptors (Lipinski definition) is 4. The summed E-state index contributed by atoms with van der Waals surface area (Å²) in [7, 11) is -3.74. The van der Waals surface area contributed by atoms with Crippen LogP contribution >= 0.6 is 0 Å². The van der Waals surface area contributed by atoms with Crippen LogP contribution in [0, 0.1) is 5.82 Å². The molecule has 146 valence electrons. The SMILES string of the molecule is CCOc1cccc(CNC(=O)[C@@H](C)N(c2ccc(F)cc2)S(C)(=O)=O)c1. The van der Waals surface area contributed by atoms with Gasteiger partial charge in [-0.2, -0.15) is 0 Å². The standard InChI is InChI=1S/C19H23FN2O4S/c1-4-26-18-7-5-6-15(12-18)13-21-19(23)14(2)22(27(3,24)25)17-10-8-16(20)9-11-17/h5-12,14H,4,13H2,1-3H3,(H,21,23)/t14-/m1/s1. The number of halogens is 1. The summed E-state index contributed by atoms with van der Waals surface area (Å²) in [6.45, 7) is 4.13. The number of ether oxygens (including phenoxy) is 1. The van der Waals surface area contributed by atoms with Gasteiger partial charge in [-0.3, -0.25) is 9.10 Å². The van der Waals surface area contributed by atoms with Gasteiger partial charge in [0.2, 0.25) is 15.9 Å². The number of carbonyl (C=O) groups is 1. The van der Waals surface area contributed by atoms with Gasteiger partial charge in [0, 0.05) is 6.54 Å². The molecule has 0 saturated carbocycles. The number of rotatable bonds is 8. The van der Waals surface area contributed by atoms with Gasteiger partial charge in [0.05, 0.1) is 18.6 Å². The normalized spacial score (nSPS) is 12.3. The summed E-state index contributed by atoms with van der Waals surface area (Å²) in [4.78, 5) is 12.5. The molecule has 0 radical (unpaired) electrons. The van der Waals surface area contributed by atoms with Gasteiger partial charge in [-0.15, -0.1) is 0 Å². The third-order valence-electron chi connectivity index (χ3n) is 3.85. The van der Waals surface area contributed by atoms with E-state index in [0.29, 0.717) is 12.4 Å². The summed E-state index contributed by atoms with van der Waals surface area (Å²) in [5, 5.41) is 2.73. The molecule has 0 aliphatic carbocycles. The molecule has 0 unspecified atom stereocenters. The van der Waals surface area contributed by atoms with Crippen LogP contribution in [0.2, 0.25) is 0 Å². The Bertz CT molecular complexity index is 885. The van der Waals surface area contributed by atoms with Gasteiger partial charge in [0.1, 0.15) is 17.6 Å². The smallest absolute Gasteiger partial charge is 0.243 e. The Kier molecular flexibility index (Phi) is 6.79. The zero-order valence-corrected chi connectivity index (χ0v) is 16.3. The molecule has 2 rings (SSSR count). The monoisotopic (exact) mass is 394 g/mol. The summed E-state index contributed by atoms with van der Waals surface area (Å²) >= 11 is 0. The zero-order valence-electron chi connectivity index (χ0n) is 15.5. The van der Waals surface area contributed by atoms with Gasteiger partial charge in [0.15, 0.2) is 0 Å². The second-order valence-electron chi connectivity index (χ2n) is 6.01. The molecule has 0 aromatic heterocycles. The highest BCUT2D eigenvalue weighted by Crippen LogP contribution is 2.21.